The van der Waals surface area contributed by atoms with Crippen molar-refractivity contribution in [2.24, 2.45) is 5.73 Å². The van der Waals surface area contributed by atoms with E-state index in [1.54, 1.807) is 13.8 Å². The Kier molecular flexibility index (Phi) is 6.60. The number of aromatic nitrogens is 2. The van der Waals surface area contributed by atoms with E-state index in [9.17, 15) is 19.2 Å². The summed E-state index contributed by atoms with van der Waals surface area (Å²) in [6, 6.07) is 0.459. The lowest BCUT2D eigenvalue weighted by atomic mass is 10.1. The van der Waals surface area contributed by atoms with E-state index >= 15 is 0 Å². The molecule has 0 unspecified atom stereocenters. The van der Waals surface area contributed by atoms with Crippen LogP contribution in [-0.4, -0.2) is 64.9 Å². The van der Waals surface area contributed by atoms with Gasteiger partial charge in [-0.3, -0.25) is 4.57 Å². The molecule has 14 heteroatoms. The molecule has 2 fully saturated rings. The number of carbonyl (C=O) groups excluding carboxylic acids is 3. The van der Waals surface area contributed by atoms with Gasteiger partial charge in [-0.05, 0) is 20.8 Å². The summed E-state index contributed by atoms with van der Waals surface area (Å²) in [5.41, 5.74) is 6.79. The molecule has 2 saturated heterocycles. The average Bonchev–Trinajstić information content (AvgIpc) is 3.21. The van der Waals surface area contributed by atoms with E-state index in [4.69, 9.17) is 29.4 Å². The van der Waals surface area contributed by atoms with Crippen LogP contribution < -0.4 is 16.9 Å². The fourth-order valence-electron chi connectivity index (χ4n) is 2.82. The third kappa shape index (κ3) is 5.21. The van der Waals surface area contributed by atoms with Crippen molar-refractivity contribution >= 4 is 24.1 Å². The molecule has 3 heterocycles. The Balaban J connectivity index is 1.70. The normalized spacial score (nSPS) is 25.3. The molecule has 3 rings (SSSR count). The lowest BCUT2D eigenvalue weighted by Gasteiger charge is -2.18. The number of rotatable bonds is 7. The maximum Gasteiger partial charge on any atom is 0.509 e. The summed E-state index contributed by atoms with van der Waals surface area (Å²) in [7, 11) is 0. The number of hydrogen-bond donors (Lipinski definition) is 2. The second-order valence-corrected chi connectivity index (χ2v) is 7.02. The zero-order chi connectivity index (χ0) is 22.7. The van der Waals surface area contributed by atoms with Crippen LogP contribution in [0.5, 0.6) is 0 Å². The van der Waals surface area contributed by atoms with E-state index in [2.05, 4.69) is 15.3 Å². The first-order valence-corrected chi connectivity index (χ1v) is 9.33. The molecule has 1 aromatic heterocycles. The van der Waals surface area contributed by atoms with Gasteiger partial charge in [-0.25, -0.2) is 24.7 Å². The molecular weight excluding hydrogens is 420 g/mol. The van der Waals surface area contributed by atoms with Crippen molar-refractivity contribution in [3.63, 3.8) is 0 Å². The maximum absolute atomic E-state index is 12.4. The first-order valence-electron chi connectivity index (χ1n) is 9.33. The van der Waals surface area contributed by atoms with Crippen LogP contribution in [0.1, 0.15) is 27.0 Å². The largest absolute Gasteiger partial charge is 0.509 e. The van der Waals surface area contributed by atoms with Crippen molar-refractivity contribution in [1.29, 1.82) is 0 Å². The summed E-state index contributed by atoms with van der Waals surface area (Å²) in [5, 5.41) is 0. The summed E-state index contributed by atoms with van der Waals surface area (Å²) < 4.78 is 26.8. The van der Waals surface area contributed by atoms with Gasteiger partial charge in [-0.15, -0.1) is 0 Å². The van der Waals surface area contributed by atoms with E-state index in [-0.39, 0.29) is 18.5 Å². The van der Waals surface area contributed by atoms with Crippen LogP contribution in [0.3, 0.4) is 0 Å². The first-order chi connectivity index (χ1) is 14.7. The van der Waals surface area contributed by atoms with Crippen LogP contribution in [0.4, 0.5) is 15.4 Å². The number of nitrogens with one attached hydrogen (secondary N) is 1. The lowest BCUT2D eigenvalue weighted by Crippen LogP contribution is -2.35. The minimum Gasteiger partial charge on any atom is -0.432 e. The van der Waals surface area contributed by atoms with Gasteiger partial charge in [0.05, 0.1) is 6.10 Å². The number of carbonyl (C=O) groups is 3. The highest BCUT2D eigenvalue weighted by molar-refractivity contribution is 5.75. The van der Waals surface area contributed by atoms with Gasteiger partial charge in [0, 0.05) is 12.3 Å². The van der Waals surface area contributed by atoms with Crippen LogP contribution in [-0.2, 0) is 33.3 Å². The van der Waals surface area contributed by atoms with Gasteiger partial charge in [0.2, 0.25) is 0 Å². The molecule has 0 aliphatic carbocycles. The number of anilines is 1. The highest BCUT2D eigenvalue weighted by Crippen LogP contribution is 2.37. The Morgan fingerprint density at radius 3 is 2.61 bits per heavy atom. The molecule has 0 radical (unpaired) electrons. The number of fused-ring (bicyclic) bond motifs is 1. The highest BCUT2D eigenvalue weighted by Gasteiger charge is 2.55. The predicted octanol–water partition coefficient (Wildman–Crippen LogP) is -0.176. The molecule has 1 aromatic rings. The smallest absolute Gasteiger partial charge is 0.432 e. The summed E-state index contributed by atoms with van der Waals surface area (Å²) in [6.45, 7) is 4.44. The van der Waals surface area contributed by atoms with E-state index in [0.717, 1.165) is 4.57 Å². The van der Waals surface area contributed by atoms with Gasteiger partial charge in [0.1, 0.15) is 18.8 Å². The number of hydrogen-bond acceptors (Lipinski definition) is 13. The molecule has 3 N–H and O–H groups in total. The first kappa shape index (κ1) is 22.3. The Morgan fingerprint density at radius 2 is 1.97 bits per heavy atom. The van der Waals surface area contributed by atoms with Crippen molar-refractivity contribution in [2.45, 2.75) is 57.5 Å². The minimum atomic E-state index is -1.09. The lowest BCUT2D eigenvalue weighted by molar-refractivity contribution is -0.141. The summed E-state index contributed by atoms with van der Waals surface area (Å²) in [4.78, 5) is 55.5. The standard InChI is InChI=1S/C17H22N4O10/c1-7(2)27-16(24)26-6-9-11-12(30-17(25)29-11)13(28-9)21-5-4-10(19-15(21)23)20-31-14(22)8(3)18/h4-5,7-9,11-13H,6,18H2,1-3H3,(H,19,20,23)/t8-,9+,11+,12+,13+/m0/s1. The Bertz CT molecular complexity index is 901. The second kappa shape index (κ2) is 9.18. The zero-order valence-corrected chi connectivity index (χ0v) is 16.9. The van der Waals surface area contributed by atoms with Gasteiger partial charge in [-0.2, -0.15) is 4.98 Å². The van der Waals surface area contributed by atoms with Crippen LogP contribution in [0.25, 0.3) is 0 Å². The van der Waals surface area contributed by atoms with Crippen LogP contribution in [0.2, 0.25) is 0 Å². The number of ether oxygens (including phenoxy) is 5. The molecule has 0 saturated carbocycles. The second-order valence-electron chi connectivity index (χ2n) is 7.02. The molecule has 0 spiro atoms. The van der Waals surface area contributed by atoms with Crippen LogP contribution >= 0.6 is 0 Å². The van der Waals surface area contributed by atoms with E-state index < -0.39 is 54.6 Å². The molecule has 0 amide bonds. The average molecular weight is 442 g/mol. The molecule has 14 nitrogen and oxygen atoms in total. The van der Waals surface area contributed by atoms with E-state index in [1.165, 1.54) is 19.2 Å². The van der Waals surface area contributed by atoms with E-state index in [0.29, 0.717) is 0 Å². The molecule has 170 valence electrons. The van der Waals surface area contributed by atoms with Gasteiger partial charge in [-0.1, -0.05) is 0 Å². The van der Waals surface area contributed by atoms with Gasteiger partial charge in [0.25, 0.3) is 0 Å². The topological polar surface area (TPSA) is 180 Å². The molecular formula is C17H22N4O10. The van der Waals surface area contributed by atoms with Gasteiger partial charge >= 0.3 is 24.0 Å². The quantitative estimate of drug-likeness (QED) is 0.323. The number of nitrogens with zero attached hydrogens (tertiary/aromatic N) is 2. The van der Waals surface area contributed by atoms with Crippen LogP contribution in [0.15, 0.2) is 17.1 Å². The van der Waals surface area contributed by atoms with Crippen molar-refractivity contribution < 1.29 is 42.9 Å². The summed E-state index contributed by atoms with van der Waals surface area (Å²) in [5.74, 6) is -0.803. The minimum absolute atomic E-state index is 0.0548. The van der Waals surface area contributed by atoms with Crippen molar-refractivity contribution in [1.82, 2.24) is 9.55 Å². The third-order valence-corrected chi connectivity index (χ3v) is 4.18. The van der Waals surface area contributed by atoms with Crippen molar-refractivity contribution in [2.75, 3.05) is 12.1 Å². The van der Waals surface area contributed by atoms with Crippen molar-refractivity contribution in [3.8, 4) is 0 Å². The number of nitrogens with two attached hydrogens (primary N) is 1. The molecule has 2 aliphatic heterocycles. The predicted molar refractivity (Wildman–Crippen MR) is 98.5 cm³/mol. The van der Waals surface area contributed by atoms with Crippen LogP contribution in [0, 0.1) is 0 Å². The molecule has 0 aromatic carbocycles. The zero-order valence-electron chi connectivity index (χ0n) is 16.9. The fraction of sp³-hybridized carbons (Fsp3) is 0.588. The summed E-state index contributed by atoms with van der Waals surface area (Å²) >= 11 is 0. The van der Waals surface area contributed by atoms with Gasteiger partial charge in [0.15, 0.2) is 24.3 Å². The van der Waals surface area contributed by atoms with E-state index in [1.807, 2.05) is 0 Å². The molecule has 31 heavy (non-hydrogen) atoms. The Labute approximate surface area is 175 Å². The summed E-state index contributed by atoms with van der Waals surface area (Å²) in [6.07, 6.45) is -4.84. The van der Waals surface area contributed by atoms with Crippen molar-refractivity contribution in [3.05, 3.63) is 22.7 Å². The molecule has 0 bridgehead atoms. The van der Waals surface area contributed by atoms with Gasteiger partial charge < -0.3 is 34.3 Å². The fourth-order valence-corrected chi connectivity index (χ4v) is 2.82. The SMILES string of the molecule is CC(C)OC(=O)OC[C@H]1O[C@@H](n2ccc(NOC(=O)[C@H](C)N)nc2=O)[C@@H]2OC(=O)O[C@@H]21. The monoisotopic (exact) mass is 442 g/mol. The Hall–Kier alpha value is -3.39. The molecule has 5 atom stereocenters. The Morgan fingerprint density at radius 1 is 1.26 bits per heavy atom. The highest BCUT2D eigenvalue weighted by atomic mass is 16.8. The molecule has 2 aliphatic rings. The third-order valence-electron chi connectivity index (χ3n) is 4.18. The maximum atomic E-state index is 12.4.